The second kappa shape index (κ2) is 8.63. The zero-order valence-electron chi connectivity index (χ0n) is 17.4. The number of nitrogens with zero attached hydrogens (tertiary/aromatic N) is 1. The first kappa shape index (κ1) is 21.7. The molecule has 1 fully saturated rings. The molecule has 0 bridgehead atoms. The molecule has 0 saturated carbocycles. The van der Waals surface area contributed by atoms with Crippen molar-refractivity contribution >= 4 is 17.9 Å². The van der Waals surface area contributed by atoms with E-state index < -0.39 is 5.60 Å². The highest BCUT2D eigenvalue weighted by Gasteiger charge is 2.39. The zero-order chi connectivity index (χ0) is 20.9. The molecule has 2 rings (SSSR count). The Morgan fingerprint density at radius 1 is 1.18 bits per heavy atom. The molecular formula is C21H31N3O4. The number of likely N-dealkylation sites (tertiary alicyclic amines) is 1. The molecule has 7 heteroatoms. The fourth-order valence-corrected chi connectivity index (χ4v) is 3.20. The number of benzene rings is 1. The van der Waals surface area contributed by atoms with Crippen LogP contribution in [0.4, 0.5) is 4.79 Å². The van der Waals surface area contributed by atoms with Crippen LogP contribution in [0.5, 0.6) is 0 Å². The van der Waals surface area contributed by atoms with Crippen LogP contribution in [0.15, 0.2) is 30.3 Å². The Morgan fingerprint density at radius 2 is 1.82 bits per heavy atom. The van der Waals surface area contributed by atoms with E-state index in [4.69, 9.17) is 4.74 Å². The Labute approximate surface area is 166 Å². The summed E-state index contributed by atoms with van der Waals surface area (Å²) in [7, 11) is 0. The molecule has 1 aliphatic heterocycles. The maximum Gasteiger partial charge on any atom is 0.410 e. The molecule has 3 amide bonds. The lowest BCUT2D eigenvalue weighted by molar-refractivity contribution is -0.122. The molecule has 1 heterocycles. The smallest absolute Gasteiger partial charge is 0.410 e. The Hall–Kier alpha value is -2.57. The Bertz CT molecular complexity index is 710. The highest BCUT2D eigenvalue weighted by molar-refractivity contribution is 5.96. The summed E-state index contributed by atoms with van der Waals surface area (Å²) < 4.78 is 5.45. The molecule has 1 saturated heterocycles. The van der Waals surface area contributed by atoms with Crippen molar-refractivity contribution in [2.24, 2.45) is 5.41 Å². The van der Waals surface area contributed by atoms with E-state index in [1.54, 1.807) is 29.2 Å². The fourth-order valence-electron chi connectivity index (χ4n) is 3.20. The van der Waals surface area contributed by atoms with Gasteiger partial charge in [0.15, 0.2) is 0 Å². The van der Waals surface area contributed by atoms with E-state index in [-0.39, 0.29) is 35.9 Å². The first-order valence-corrected chi connectivity index (χ1v) is 9.58. The highest BCUT2D eigenvalue weighted by atomic mass is 16.6. The van der Waals surface area contributed by atoms with Gasteiger partial charge in [0.05, 0.1) is 6.54 Å². The topological polar surface area (TPSA) is 87.7 Å². The number of ether oxygens (including phenoxy) is 1. The van der Waals surface area contributed by atoms with Crippen molar-refractivity contribution in [1.82, 2.24) is 15.5 Å². The molecule has 1 atom stereocenters. The molecule has 7 nitrogen and oxygen atoms in total. The molecule has 1 aromatic rings. The molecule has 28 heavy (non-hydrogen) atoms. The van der Waals surface area contributed by atoms with Crippen LogP contribution in [0.3, 0.4) is 0 Å². The van der Waals surface area contributed by atoms with Gasteiger partial charge in [0.25, 0.3) is 5.91 Å². The number of nitrogens with one attached hydrogen (secondary N) is 2. The van der Waals surface area contributed by atoms with Crippen molar-refractivity contribution in [3.8, 4) is 0 Å². The molecule has 0 radical (unpaired) electrons. The van der Waals surface area contributed by atoms with E-state index in [0.29, 0.717) is 25.1 Å². The van der Waals surface area contributed by atoms with Crippen molar-refractivity contribution in [2.75, 3.05) is 19.6 Å². The molecule has 154 valence electrons. The van der Waals surface area contributed by atoms with Crippen molar-refractivity contribution < 1.29 is 19.1 Å². The second-order valence-electron chi connectivity index (χ2n) is 8.85. The predicted molar refractivity (Wildman–Crippen MR) is 107 cm³/mol. The first-order chi connectivity index (χ1) is 13.0. The van der Waals surface area contributed by atoms with Gasteiger partial charge >= 0.3 is 6.09 Å². The minimum atomic E-state index is -0.538. The van der Waals surface area contributed by atoms with Gasteiger partial charge in [0, 0.05) is 30.1 Å². The van der Waals surface area contributed by atoms with Crippen LogP contribution in [0.25, 0.3) is 0 Å². The first-order valence-electron chi connectivity index (χ1n) is 9.58. The van der Waals surface area contributed by atoms with E-state index in [9.17, 15) is 14.4 Å². The Balaban J connectivity index is 1.85. The largest absolute Gasteiger partial charge is 0.444 e. The normalized spacial score (nSPS) is 18.9. The van der Waals surface area contributed by atoms with Gasteiger partial charge in [-0.25, -0.2) is 4.79 Å². The fraction of sp³-hybridized carbons (Fsp3) is 0.571. The summed E-state index contributed by atoms with van der Waals surface area (Å²) in [6.07, 6.45) is 0.297. The predicted octanol–water partition coefficient (Wildman–Crippen LogP) is 2.57. The monoisotopic (exact) mass is 389 g/mol. The molecule has 2 N–H and O–H groups in total. The van der Waals surface area contributed by atoms with Gasteiger partial charge in [-0.1, -0.05) is 32.0 Å². The van der Waals surface area contributed by atoms with Crippen LogP contribution in [0.1, 0.15) is 51.4 Å². The minimum absolute atomic E-state index is 0.0872. The summed E-state index contributed by atoms with van der Waals surface area (Å²) in [6, 6.07) is 8.68. The maximum atomic E-state index is 12.3. The molecule has 1 unspecified atom stereocenters. The van der Waals surface area contributed by atoms with E-state index in [2.05, 4.69) is 10.6 Å². The van der Waals surface area contributed by atoms with Crippen molar-refractivity contribution in [3.63, 3.8) is 0 Å². The summed E-state index contributed by atoms with van der Waals surface area (Å²) in [5.41, 5.74) is -0.335. The van der Waals surface area contributed by atoms with Crippen LogP contribution >= 0.6 is 0 Å². The third-order valence-corrected chi connectivity index (χ3v) is 4.66. The van der Waals surface area contributed by atoms with Gasteiger partial charge < -0.3 is 20.3 Å². The highest BCUT2D eigenvalue weighted by Crippen LogP contribution is 2.30. The number of amides is 3. The summed E-state index contributed by atoms with van der Waals surface area (Å²) in [4.78, 5) is 38.4. The van der Waals surface area contributed by atoms with E-state index in [1.807, 2.05) is 40.7 Å². The second-order valence-corrected chi connectivity index (χ2v) is 8.85. The van der Waals surface area contributed by atoms with E-state index >= 15 is 0 Å². The molecule has 1 aliphatic rings. The summed E-state index contributed by atoms with van der Waals surface area (Å²) in [6.45, 7) is 10.5. The van der Waals surface area contributed by atoms with Crippen molar-refractivity contribution in [2.45, 2.75) is 52.7 Å². The van der Waals surface area contributed by atoms with Crippen LogP contribution in [-0.4, -0.2) is 54.1 Å². The number of hydrogen-bond donors (Lipinski definition) is 2. The van der Waals surface area contributed by atoms with E-state index in [0.717, 1.165) is 0 Å². The third-order valence-electron chi connectivity index (χ3n) is 4.66. The number of piperidine rings is 1. The van der Waals surface area contributed by atoms with Gasteiger partial charge in [-0.3, -0.25) is 9.59 Å². The number of rotatable bonds is 4. The van der Waals surface area contributed by atoms with Crippen LogP contribution in [0.2, 0.25) is 0 Å². The van der Waals surface area contributed by atoms with E-state index in [1.165, 1.54) is 0 Å². The summed E-state index contributed by atoms with van der Waals surface area (Å²) in [5.74, 6) is -0.525. The van der Waals surface area contributed by atoms with Crippen LogP contribution in [-0.2, 0) is 9.53 Å². The zero-order valence-corrected chi connectivity index (χ0v) is 17.4. The van der Waals surface area contributed by atoms with Gasteiger partial charge in [-0.15, -0.1) is 0 Å². The number of carbonyl (C=O) groups excluding carboxylic acids is 3. The molecule has 0 spiro atoms. The lowest BCUT2D eigenvalue weighted by Gasteiger charge is -2.44. The SMILES string of the molecule is CC(C)(C)OC(=O)N1CCC(NC(=O)CNC(=O)c2ccccc2)C(C)(C)C1. The van der Waals surface area contributed by atoms with Gasteiger partial charge in [0.2, 0.25) is 5.91 Å². The molecule has 0 aromatic heterocycles. The minimum Gasteiger partial charge on any atom is -0.444 e. The lowest BCUT2D eigenvalue weighted by Crippen LogP contribution is -2.58. The summed E-state index contributed by atoms with van der Waals surface area (Å²) in [5, 5.41) is 5.62. The van der Waals surface area contributed by atoms with Crippen LogP contribution < -0.4 is 10.6 Å². The molecular weight excluding hydrogens is 358 g/mol. The standard InChI is InChI=1S/C21H31N3O4/c1-20(2,3)28-19(27)24-12-11-16(21(4,5)14-24)23-17(25)13-22-18(26)15-9-7-6-8-10-15/h6-10,16H,11-14H2,1-5H3,(H,22,26)(H,23,25). The van der Waals surface area contributed by atoms with Gasteiger partial charge in [-0.05, 0) is 39.3 Å². The Morgan fingerprint density at radius 3 is 2.39 bits per heavy atom. The summed E-state index contributed by atoms with van der Waals surface area (Å²) >= 11 is 0. The van der Waals surface area contributed by atoms with Crippen molar-refractivity contribution in [1.29, 1.82) is 0 Å². The lowest BCUT2D eigenvalue weighted by atomic mass is 9.79. The van der Waals surface area contributed by atoms with Gasteiger partial charge in [-0.2, -0.15) is 0 Å². The van der Waals surface area contributed by atoms with Gasteiger partial charge in [0.1, 0.15) is 5.60 Å². The average molecular weight is 389 g/mol. The molecule has 1 aromatic carbocycles. The maximum absolute atomic E-state index is 12.3. The quantitative estimate of drug-likeness (QED) is 0.828. The third kappa shape index (κ3) is 6.25. The average Bonchev–Trinajstić information content (AvgIpc) is 2.60. The van der Waals surface area contributed by atoms with Crippen LogP contribution in [0, 0.1) is 5.41 Å². The Kier molecular flexibility index (Phi) is 6.69. The van der Waals surface area contributed by atoms with Crippen molar-refractivity contribution in [3.05, 3.63) is 35.9 Å². The molecule has 0 aliphatic carbocycles. The number of hydrogen-bond acceptors (Lipinski definition) is 4. The number of carbonyl (C=O) groups is 3.